The summed E-state index contributed by atoms with van der Waals surface area (Å²) >= 11 is 0. The van der Waals surface area contributed by atoms with Crippen LogP contribution in [0.4, 0.5) is 4.79 Å². The van der Waals surface area contributed by atoms with Crippen molar-refractivity contribution in [1.29, 1.82) is 0 Å². The van der Waals surface area contributed by atoms with Crippen LogP contribution in [0.5, 0.6) is 11.5 Å². The zero-order valence-corrected chi connectivity index (χ0v) is 22.8. The third-order valence-corrected chi connectivity index (χ3v) is 5.23. The Hall–Kier alpha value is -3.79. The summed E-state index contributed by atoms with van der Waals surface area (Å²) in [6, 6.07) is 9.72. The lowest BCUT2D eigenvalue weighted by atomic mass is 9.99. The molecule has 0 saturated heterocycles. The van der Waals surface area contributed by atoms with Crippen LogP contribution in [0, 0.1) is 0 Å². The number of aliphatic hydroxyl groups excluding tert-OH is 1. The first kappa shape index (κ1) is 30.4. The molecule has 10 nitrogen and oxygen atoms in total. The molecule has 0 fully saturated rings. The highest BCUT2D eigenvalue weighted by molar-refractivity contribution is 5.92. The summed E-state index contributed by atoms with van der Waals surface area (Å²) in [5, 5.41) is 35.1. The molecule has 0 heterocycles. The van der Waals surface area contributed by atoms with Gasteiger partial charge in [0, 0.05) is 18.5 Å². The predicted molar refractivity (Wildman–Crippen MR) is 143 cm³/mol. The molecular weight excluding hydrogens is 490 g/mol. The average molecular weight is 530 g/mol. The molecule has 2 aromatic rings. The maximum absolute atomic E-state index is 14.0. The molecule has 0 spiro atoms. The quantitative estimate of drug-likeness (QED) is 0.335. The van der Waals surface area contributed by atoms with Crippen LogP contribution >= 0.6 is 0 Å². The van der Waals surface area contributed by atoms with Crippen molar-refractivity contribution in [2.24, 2.45) is 0 Å². The van der Waals surface area contributed by atoms with Crippen LogP contribution in [0.1, 0.15) is 58.7 Å². The normalized spacial score (nSPS) is 13.2. The molecule has 0 saturated carbocycles. The molecule has 0 aliphatic carbocycles. The van der Waals surface area contributed by atoms with Gasteiger partial charge in [0.2, 0.25) is 11.8 Å². The van der Waals surface area contributed by atoms with Crippen LogP contribution in [0.15, 0.2) is 48.5 Å². The van der Waals surface area contributed by atoms with Crippen molar-refractivity contribution < 1.29 is 34.4 Å². The van der Waals surface area contributed by atoms with Crippen molar-refractivity contribution >= 4 is 17.9 Å². The highest BCUT2D eigenvalue weighted by atomic mass is 16.6. The Labute approximate surface area is 223 Å². The molecule has 0 radical (unpaired) electrons. The van der Waals surface area contributed by atoms with E-state index in [1.165, 1.54) is 29.2 Å². The van der Waals surface area contributed by atoms with E-state index < -0.39 is 47.7 Å². The summed E-state index contributed by atoms with van der Waals surface area (Å²) in [5.74, 6) is -1.22. The fourth-order valence-electron chi connectivity index (χ4n) is 3.80. The Morgan fingerprint density at radius 3 is 2.11 bits per heavy atom. The fraction of sp³-hybridized carbons (Fsp3) is 0.464. The van der Waals surface area contributed by atoms with Crippen LogP contribution in [0.25, 0.3) is 0 Å². The molecule has 2 unspecified atom stereocenters. The number of amides is 3. The first-order chi connectivity index (χ1) is 17.6. The van der Waals surface area contributed by atoms with Gasteiger partial charge in [-0.25, -0.2) is 4.79 Å². The van der Waals surface area contributed by atoms with E-state index in [0.29, 0.717) is 11.1 Å². The Morgan fingerprint density at radius 2 is 1.58 bits per heavy atom. The SMILES string of the molecule is CC(C)(C)NC(=O)C(c1cccc(O)c1)N(CCO)C(=O)C(Cc1ccc(O)cc1)NC(=O)OC(C)(C)C. The number of rotatable bonds is 9. The Balaban J connectivity index is 2.54. The largest absolute Gasteiger partial charge is 0.508 e. The van der Waals surface area contributed by atoms with Crippen molar-refractivity contribution in [3.63, 3.8) is 0 Å². The Kier molecular flexibility index (Phi) is 10.1. The van der Waals surface area contributed by atoms with Gasteiger partial charge in [0.1, 0.15) is 29.2 Å². The lowest BCUT2D eigenvalue weighted by molar-refractivity contribution is -0.143. The predicted octanol–water partition coefficient (Wildman–Crippen LogP) is 3.01. The zero-order chi connectivity index (χ0) is 28.7. The number of nitrogens with one attached hydrogen (secondary N) is 2. The molecule has 0 aromatic heterocycles. The van der Waals surface area contributed by atoms with Gasteiger partial charge in [-0.15, -0.1) is 0 Å². The average Bonchev–Trinajstić information content (AvgIpc) is 2.77. The van der Waals surface area contributed by atoms with Gasteiger partial charge in [0.25, 0.3) is 0 Å². The lowest BCUT2D eigenvalue weighted by Crippen LogP contribution is -2.55. The van der Waals surface area contributed by atoms with Crippen molar-refractivity contribution in [3.05, 3.63) is 59.7 Å². The molecule has 2 atom stereocenters. The van der Waals surface area contributed by atoms with E-state index >= 15 is 0 Å². The third-order valence-electron chi connectivity index (χ3n) is 5.23. The van der Waals surface area contributed by atoms with Crippen LogP contribution < -0.4 is 10.6 Å². The van der Waals surface area contributed by atoms with E-state index in [4.69, 9.17) is 4.74 Å². The minimum atomic E-state index is -1.22. The van der Waals surface area contributed by atoms with Gasteiger partial charge >= 0.3 is 6.09 Å². The zero-order valence-electron chi connectivity index (χ0n) is 22.8. The second kappa shape index (κ2) is 12.6. The molecule has 38 heavy (non-hydrogen) atoms. The van der Waals surface area contributed by atoms with E-state index in [-0.39, 0.29) is 24.5 Å². The minimum Gasteiger partial charge on any atom is -0.508 e. The molecule has 208 valence electrons. The number of carbonyl (C=O) groups excluding carboxylic acids is 3. The van der Waals surface area contributed by atoms with E-state index in [9.17, 15) is 29.7 Å². The molecule has 5 N–H and O–H groups in total. The van der Waals surface area contributed by atoms with Crippen molar-refractivity contribution in [1.82, 2.24) is 15.5 Å². The molecule has 2 rings (SSSR count). The number of alkyl carbamates (subject to hydrolysis) is 1. The smallest absolute Gasteiger partial charge is 0.408 e. The minimum absolute atomic E-state index is 0.0218. The molecule has 0 aliphatic heterocycles. The van der Waals surface area contributed by atoms with Gasteiger partial charge in [-0.3, -0.25) is 9.59 Å². The Morgan fingerprint density at radius 1 is 0.947 bits per heavy atom. The van der Waals surface area contributed by atoms with Crippen molar-refractivity contribution in [3.8, 4) is 11.5 Å². The standard InChI is InChI=1S/C28H39N3O7/c1-27(2,3)30-24(35)23(19-8-7-9-21(34)17-19)31(14-15-32)25(36)22(29-26(37)38-28(4,5)6)16-18-10-12-20(33)13-11-18/h7-13,17,22-23,32-34H,14-16H2,1-6H3,(H,29,37)(H,30,35). The second-order valence-corrected chi connectivity index (χ2v) is 11.1. The maximum atomic E-state index is 14.0. The summed E-state index contributed by atoms with van der Waals surface area (Å²) in [6.45, 7) is 9.77. The van der Waals surface area contributed by atoms with Crippen LogP contribution in [0.2, 0.25) is 0 Å². The molecule has 0 aliphatic rings. The number of hydrogen-bond acceptors (Lipinski definition) is 7. The molecular formula is C28H39N3O7. The molecule has 10 heteroatoms. The van der Waals surface area contributed by atoms with Crippen LogP contribution in [-0.2, 0) is 20.7 Å². The summed E-state index contributed by atoms with van der Waals surface area (Å²) in [5.41, 5.74) is -0.499. The first-order valence-electron chi connectivity index (χ1n) is 12.4. The van der Waals surface area contributed by atoms with Gasteiger partial charge in [0.05, 0.1) is 6.61 Å². The van der Waals surface area contributed by atoms with Gasteiger partial charge in [-0.2, -0.15) is 0 Å². The number of ether oxygens (including phenoxy) is 1. The van der Waals surface area contributed by atoms with Crippen LogP contribution in [-0.4, -0.2) is 68.5 Å². The topological polar surface area (TPSA) is 148 Å². The number of phenolic OH excluding ortho intramolecular Hbond substituents is 2. The maximum Gasteiger partial charge on any atom is 0.408 e. The number of aliphatic hydroxyl groups is 1. The van der Waals surface area contributed by atoms with Gasteiger partial charge < -0.3 is 35.6 Å². The molecule has 3 amide bonds. The summed E-state index contributed by atoms with van der Waals surface area (Å²) in [4.78, 5) is 41.4. The Bertz CT molecular complexity index is 1100. The van der Waals surface area contributed by atoms with Crippen molar-refractivity contribution in [2.75, 3.05) is 13.2 Å². The number of aromatic hydroxyl groups is 2. The van der Waals surface area contributed by atoms with E-state index in [1.54, 1.807) is 65.8 Å². The number of benzene rings is 2. The summed E-state index contributed by atoms with van der Waals surface area (Å²) in [7, 11) is 0. The second-order valence-electron chi connectivity index (χ2n) is 11.1. The first-order valence-corrected chi connectivity index (χ1v) is 12.4. The monoisotopic (exact) mass is 529 g/mol. The van der Waals surface area contributed by atoms with E-state index in [0.717, 1.165) is 0 Å². The summed E-state index contributed by atoms with van der Waals surface area (Å²) in [6.07, 6.45) is -0.805. The third kappa shape index (κ3) is 9.59. The highest BCUT2D eigenvalue weighted by Crippen LogP contribution is 2.27. The number of phenols is 2. The van der Waals surface area contributed by atoms with Crippen molar-refractivity contribution in [2.45, 2.75) is 71.2 Å². The number of hydrogen-bond donors (Lipinski definition) is 5. The van der Waals surface area contributed by atoms with E-state index in [2.05, 4.69) is 10.6 Å². The number of carbonyl (C=O) groups is 3. The lowest BCUT2D eigenvalue weighted by Gasteiger charge is -2.35. The van der Waals surface area contributed by atoms with Crippen LogP contribution in [0.3, 0.4) is 0 Å². The fourth-order valence-corrected chi connectivity index (χ4v) is 3.80. The van der Waals surface area contributed by atoms with E-state index in [1.807, 2.05) is 0 Å². The van der Waals surface area contributed by atoms with Gasteiger partial charge in [-0.05, 0) is 76.9 Å². The van der Waals surface area contributed by atoms with Gasteiger partial charge in [0.15, 0.2) is 0 Å². The highest BCUT2D eigenvalue weighted by Gasteiger charge is 2.37. The number of nitrogens with zero attached hydrogens (tertiary/aromatic N) is 1. The van der Waals surface area contributed by atoms with Gasteiger partial charge in [-0.1, -0.05) is 24.3 Å². The summed E-state index contributed by atoms with van der Waals surface area (Å²) < 4.78 is 5.37. The molecule has 0 bridgehead atoms. The molecule has 2 aromatic carbocycles.